The lowest BCUT2D eigenvalue weighted by Gasteiger charge is -2.33. The summed E-state index contributed by atoms with van der Waals surface area (Å²) in [5, 5.41) is 14.6. The lowest BCUT2D eigenvalue weighted by molar-refractivity contribution is 0.395. The number of aromatic nitrogens is 3. The van der Waals surface area contributed by atoms with Crippen LogP contribution in [0.15, 0.2) is 54.9 Å². The number of rotatable bonds is 4. The first-order chi connectivity index (χ1) is 16.1. The maximum atomic E-state index is 14.6. The predicted molar refractivity (Wildman–Crippen MR) is 129 cm³/mol. The van der Waals surface area contributed by atoms with Crippen molar-refractivity contribution in [1.82, 2.24) is 14.8 Å². The van der Waals surface area contributed by atoms with Crippen molar-refractivity contribution in [3.05, 3.63) is 66.2 Å². The van der Waals surface area contributed by atoms with Gasteiger partial charge in [0.05, 0.1) is 28.7 Å². The van der Waals surface area contributed by atoms with Gasteiger partial charge in [-0.05, 0) is 54.7 Å². The van der Waals surface area contributed by atoms with E-state index in [9.17, 15) is 4.39 Å². The number of benzene rings is 2. The van der Waals surface area contributed by atoms with E-state index in [4.69, 9.17) is 10.2 Å². The summed E-state index contributed by atoms with van der Waals surface area (Å²) >= 11 is 0. The van der Waals surface area contributed by atoms with Gasteiger partial charge in [-0.15, -0.1) is 0 Å². The summed E-state index contributed by atoms with van der Waals surface area (Å²) in [5.41, 5.74) is 5.33. The average Bonchev–Trinajstić information content (AvgIpc) is 3.23. The zero-order valence-corrected chi connectivity index (χ0v) is 18.9. The third-order valence-corrected chi connectivity index (χ3v) is 6.72. The molecule has 0 atom stereocenters. The molecule has 0 N–H and O–H groups in total. The van der Waals surface area contributed by atoms with E-state index in [1.54, 1.807) is 10.7 Å². The van der Waals surface area contributed by atoms with Gasteiger partial charge in [0, 0.05) is 42.8 Å². The van der Waals surface area contributed by atoms with E-state index < -0.39 is 5.82 Å². The molecule has 1 aliphatic rings. The molecular weight excluding hydrogens is 413 g/mol. The van der Waals surface area contributed by atoms with Crippen LogP contribution in [0, 0.1) is 23.1 Å². The molecule has 0 amide bonds. The molecule has 0 spiro atoms. The van der Waals surface area contributed by atoms with E-state index in [0.29, 0.717) is 5.56 Å². The normalized spacial score (nSPS) is 14.5. The van der Waals surface area contributed by atoms with Gasteiger partial charge in [0.1, 0.15) is 11.9 Å². The molecule has 0 bridgehead atoms. The molecule has 1 saturated heterocycles. The lowest BCUT2D eigenvalue weighted by Crippen LogP contribution is -2.33. The van der Waals surface area contributed by atoms with E-state index in [0.717, 1.165) is 52.4 Å². The van der Waals surface area contributed by atoms with E-state index in [-0.39, 0.29) is 5.56 Å². The van der Waals surface area contributed by atoms with Gasteiger partial charge in [-0.1, -0.05) is 25.5 Å². The molecule has 3 heterocycles. The van der Waals surface area contributed by atoms with Gasteiger partial charge >= 0.3 is 0 Å². The first-order valence-corrected chi connectivity index (χ1v) is 11.4. The molecule has 2 aromatic carbocycles. The topological polar surface area (TPSA) is 57.7 Å². The molecule has 0 saturated carbocycles. The molecule has 0 radical (unpaired) electrons. The highest BCUT2D eigenvalue weighted by atomic mass is 19.1. The van der Waals surface area contributed by atoms with Crippen LogP contribution in [0.1, 0.15) is 31.7 Å². The van der Waals surface area contributed by atoms with Crippen LogP contribution in [-0.4, -0.2) is 27.9 Å². The highest BCUT2D eigenvalue weighted by molar-refractivity contribution is 5.89. The first kappa shape index (κ1) is 21.1. The quantitative estimate of drug-likeness (QED) is 0.395. The molecular formula is C27H26FN5. The van der Waals surface area contributed by atoms with Crippen molar-refractivity contribution in [2.45, 2.75) is 26.2 Å². The minimum Gasteiger partial charge on any atom is -0.370 e. The monoisotopic (exact) mass is 439 g/mol. The highest BCUT2D eigenvalue weighted by Gasteiger charge is 2.20. The number of hydrogen-bond donors (Lipinski definition) is 0. The van der Waals surface area contributed by atoms with Crippen molar-refractivity contribution in [1.29, 1.82) is 5.26 Å². The molecule has 2 aromatic heterocycles. The van der Waals surface area contributed by atoms with Gasteiger partial charge in [-0.3, -0.25) is 9.67 Å². The number of aryl methyl sites for hydroxylation is 1. The molecule has 166 valence electrons. The Bertz CT molecular complexity index is 1360. The standard InChI is InChI=1S/C27H26FN5/c1-3-18-8-10-33(11-9-18)23-14-24(19-4-5-21(15-29)25(28)13-19)27(30-16-23)20-6-7-26-22(12-20)17-32(2)31-26/h4-7,12-14,16-18H,3,8-11H2,1-2H3. The summed E-state index contributed by atoms with van der Waals surface area (Å²) in [6.45, 7) is 4.26. The predicted octanol–water partition coefficient (Wildman–Crippen LogP) is 5.94. The van der Waals surface area contributed by atoms with Gasteiger partial charge in [0.25, 0.3) is 0 Å². The lowest BCUT2D eigenvalue weighted by atomic mass is 9.93. The van der Waals surface area contributed by atoms with Crippen LogP contribution in [0.25, 0.3) is 33.3 Å². The Labute approximate surface area is 193 Å². The fourth-order valence-corrected chi connectivity index (χ4v) is 4.75. The van der Waals surface area contributed by atoms with Crippen LogP contribution in [0.5, 0.6) is 0 Å². The summed E-state index contributed by atoms with van der Waals surface area (Å²) in [6.07, 6.45) is 7.48. The second-order valence-corrected chi connectivity index (χ2v) is 8.81. The summed E-state index contributed by atoms with van der Waals surface area (Å²) in [5.74, 6) is 0.268. The molecule has 6 heteroatoms. The highest BCUT2D eigenvalue weighted by Crippen LogP contribution is 2.36. The number of nitriles is 1. The number of nitrogens with zero attached hydrogens (tertiary/aromatic N) is 5. The third kappa shape index (κ3) is 4.07. The van der Waals surface area contributed by atoms with Gasteiger partial charge in [-0.2, -0.15) is 10.4 Å². The Morgan fingerprint density at radius 2 is 1.88 bits per heavy atom. The van der Waals surface area contributed by atoms with E-state index in [2.05, 4.69) is 29.1 Å². The van der Waals surface area contributed by atoms with Crippen molar-refractivity contribution >= 4 is 16.6 Å². The maximum absolute atomic E-state index is 14.6. The summed E-state index contributed by atoms with van der Waals surface area (Å²) in [6, 6.07) is 14.9. The Balaban J connectivity index is 1.61. The molecule has 1 aliphatic heterocycles. The third-order valence-electron chi connectivity index (χ3n) is 6.72. The fraction of sp³-hybridized carbons (Fsp3) is 0.296. The fourth-order valence-electron chi connectivity index (χ4n) is 4.75. The molecule has 5 nitrogen and oxygen atoms in total. The molecule has 4 aromatic rings. The molecule has 0 aliphatic carbocycles. The van der Waals surface area contributed by atoms with Gasteiger partial charge < -0.3 is 4.90 Å². The van der Waals surface area contributed by atoms with Crippen molar-refractivity contribution in [2.75, 3.05) is 18.0 Å². The van der Waals surface area contributed by atoms with E-state index in [1.165, 1.54) is 31.4 Å². The summed E-state index contributed by atoms with van der Waals surface area (Å²) in [4.78, 5) is 7.24. The summed E-state index contributed by atoms with van der Waals surface area (Å²) < 4.78 is 16.3. The van der Waals surface area contributed by atoms with Crippen molar-refractivity contribution in [3.8, 4) is 28.5 Å². The zero-order valence-electron chi connectivity index (χ0n) is 18.9. The van der Waals surface area contributed by atoms with Crippen LogP contribution >= 0.6 is 0 Å². The SMILES string of the molecule is CCC1CCN(c2cnc(-c3ccc4nn(C)cc4c3)c(-c3ccc(C#N)c(F)c3)c2)CC1. The van der Waals surface area contributed by atoms with Crippen molar-refractivity contribution in [2.24, 2.45) is 13.0 Å². The average molecular weight is 440 g/mol. The van der Waals surface area contributed by atoms with Gasteiger partial charge in [0.15, 0.2) is 0 Å². The molecule has 5 rings (SSSR count). The number of fused-ring (bicyclic) bond motifs is 1. The van der Waals surface area contributed by atoms with Crippen molar-refractivity contribution < 1.29 is 4.39 Å². The second-order valence-electron chi connectivity index (χ2n) is 8.81. The first-order valence-electron chi connectivity index (χ1n) is 11.4. The van der Waals surface area contributed by atoms with Gasteiger partial charge in [0.2, 0.25) is 0 Å². The number of piperidine rings is 1. The number of hydrogen-bond acceptors (Lipinski definition) is 4. The van der Waals surface area contributed by atoms with Crippen LogP contribution in [0.4, 0.5) is 10.1 Å². The smallest absolute Gasteiger partial charge is 0.141 e. The van der Waals surface area contributed by atoms with Crippen LogP contribution in [0.2, 0.25) is 0 Å². The van der Waals surface area contributed by atoms with Gasteiger partial charge in [-0.25, -0.2) is 4.39 Å². The van der Waals surface area contributed by atoms with E-state index >= 15 is 0 Å². The summed E-state index contributed by atoms with van der Waals surface area (Å²) in [7, 11) is 1.90. The Morgan fingerprint density at radius 3 is 2.61 bits per heavy atom. The second kappa shape index (κ2) is 8.67. The number of pyridine rings is 1. The Kier molecular flexibility index (Phi) is 5.55. The largest absolute Gasteiger partial charge is 0.370 e. The maximum Gasteiger partial charge on any atom is 0.141 e. The number of anilines is 1. The van der Waals surface area contributed by atoms with Crippen LogP contribution in [-0.2, 0) is 7.05 Å². The Morgan fingerprint density at radius 1 is 1.09 bits per heavy atom. The minimum atomic E-state index is -0.516. The van der Waals surface area contributed by atoms with Crippen LogP contribution in [0.3, 0.4) is 0 Å². The zero-order chi connectivity index (χ0) is 22.9. The van der Waals surface area contributed by atoms with E-state index in [1.807, 2.05) is 37.6 Å². The minimum absolute atomic E-state index is 0.0443. The van der Waals surface area contributed by atoms with Crippen LogP contribution < -0.4 is 4.90 Å². The number of halogens is 1. The molecule has 33 heavy (non-hydrogen) atoms. The van der Waals surface area contributed by atoms with Crippen molar-refractivity contribution in [3.63, 3.8) is 0 Å². The molecule has 1 fully saturated rings. The molecule has 0 unspecified atom stereocenters. The Hall–Kier alpha value is -3.72.